The molecule has 0 atom stereocenters. The highest BCUT2D eigenvalue weighted by atomic mass is 14.9. The van der Waals surface area contributed by atoms with E-state index in [-0.39, 0.29) is 0 Å². The van der Waals surface area contributed by atoms with Gasteiger partial charge in [0.15, 0.2) is 0 Å². The summed E-state index contributed by atoms with van der Waals surface area (Å²) in [6, 6.07) is 0. The van der Waals surface area contributed by atoms with Crippen LogP contribution in [0.15, 0.2) is 40.6 Å². The van der Waals surface area contributed by atoms with Crippen LogP contribution in [0.1, 0.15) is 0 Å². The molecule has 44 valence electrons. The van der Waals surface area contributed by atoms with Crippen LogP contribution in [0.3, 0.4) is 0 Å². The largest absolute Gasteiger partial charge is 0.384 e. The lowest BCUT2D eigenvalue weighted by atomic mass is 10.2. The molecule has 0 bridgehead atoms. The lowest BCUT2D eigenvalue weighted by molar-refractivity contribution is 1.41. The zero-order valence-electron chi connectivity index (χ0n) is 4.83. The van der Waals surface area contributed by atoms with E-state index in [4.69, 9.17) is 5.73 Å². The predicted molar refractivity (Wildman–Crippen MR) is 36.9 cm³/mol. The van der Waals surface area contributed by atoms with Crippen molar-refractivity contribution in [3.05, 3.63) is 35.6 Å². The molecule has 0 unspecified atom stereocenters. The van der Waals surface area contributed by atoms with Crippen LogP contribution in [-0.4, -0.2) is 5.84 Å². The van der Waals surface area contributed by atoms with Gasteiger partial charge in [0.1, 0.15) is 5.84 Å². The van der Waals surface area contributed by atoms with Crippen LogP contribution in [0.5, 0.6) is 0 Å². The van der Waals surface area contributed by atoms with E-state index in [9.17, 15) is 0 Å². The summed E-state index contributed by atoms with van der Waals surface area (Å²) < 4.78 is 0. The fourth-order valence-electron chi connectivity index (χ4n) is 0.979. The average molecular weight is 118 g/mol. The van der Waals surface area contributed by atoms with Crippen molar-refractivity contribution in [2.45, 2.75) is 0 Å². The first-order valence-electron chi connectivity index (χ1n) is 2.81. The summed E-state index contributed by atoms with van der Waals surface area (Å²) in [6.45, 7) is 0. The highest BCUT2D eigenvalue weighted by molar-refractivity contribution is 5.97. The Labute approximate surface area is 53.1 Å². The van der Waals surface area contributed by atoms with Crippen molar-refractivity contribution in [1.82, 2.24) is 0 Å². The summed E-state index contributed by atoms with van der Waals surface area (Å²) >= 11 is 0. The number of hydrogen-bond acceptors (Lipinski definition) is 2. The van der Waals surface area contributed by atoms with E-state index in [1.165, 1.54) is 0 Å². The molecule has 0 spiro atoms. The maximum atomic E-state index is 5.42. The fraction of sp³-hybridized carbons (Fsp3) is 0. The summed E-state index contributed by atoms with van der Waals surface area (Å²) in [5, 5.41) is 0. The lowest BCUT2D eigenvalue weighted by Crippen LogP contribution is -2.03. The Morgan fingerprint density at radius 2 is 2.33 bits per heavy atom. The number of nitrogens with zero attached hydrogens (tertiary/aromatic N) is 1. The molecule has 2 heteroatoms. The molecule has 0 aromatic carbocycles. The Bertz CT molecular complexity index is 267. The SMILES string of the molecule is NC1=NC2=CC=CC2=C1. The standard InChI is InChI=1S/C7H6N2/c8-7-4-5-2-1-3-6(5)9-7/h1-4H,(H2,8,9). The van der Waals surface area contributed by atoms with Gasteiger partial charge in [-0.15, -0.1) is 0 Å². The van der Waals surface area contributed by atoms with Crippen LogP contribution in [0.25, 0.3) is 0 Å². The summed E-state index contributed by atoms with van der Waals surface area (Å²) in [5.74, 6) is 0.612. The summed E-state index contributed by atoms with van der Waals surface area (Å²) in [7, 11) is 0. The third-order valence-corrected chi connectivity index (χ3v) is 1.38. The first-order valence-corrected chi connectivity index (χ1v) is 2.81. The van der Waals surface area contributed by atoms with E-state index in [0.29, 0.717) is 5.84 Å². The van der Waals surface area contributed by atoms with Gasteiger partial charge in [-0.25, -0.2) is 4.99 Å². The van der Waals surface area contributed by atoms with Gasteiger partial charge in [0.2, 0.25) is 0 Å². The minimum absolute atomic E-state index is 0.612. The normalized spacial score (nSPS) is 21.1. The molecule has 2 rings (SSSR count). The molecule has 0 radical (unpaired) electrons. The van der Waals surface area contributed by atoms with Crippen LogP contribution in [0.2, 0.25) is 0 Å². The molecule has 0 aromatic rings. The van der Waals surface area contributed by atoms with E-state index >= 15 is 0 Å². The first-order chi connectivity index (χ1) is 4.36. The summed E-state index contributed by atoms with van der Waals surface area (Å²) in [5.41, 5.74) is 7.55. The average Bonchev–Trinajstić information content (AvgIpc) is 2.22. The third-order valence-electron chi connectivity index (χ3n) is 1.38. The van der Waals surface area contributed by atoms with Gasteiger partial charge in [-0.1, -0.05) is 12.2 Å². The second-order valence-electron chi connectivity index (χ2n) is 2.05. The Morgan fingerprint density at radius 3 is 3.11 bits per heavy atom. The van der Waals surface area contributed by atoms with E-state index < -0.39 is 0 Å². The van der Waals surface area contributed by atoms with E-state index in [1.54, 1.807) is 0 Å². The zero-order chi connectivity index (χ0) is 6.27. The highest BCUT2D eigenvalue weighted by Crippen LogP contribution is 2.23. The van der Waals surface area contributed by atoms with E-state index in [0.717, 1.165) is 11.3 Å². The van der Waals surface area contributed by atoms with Gasteiger partial charge in [-0.2, -0.15) is 0 Å². The molecule has 2 N–H and O–H groups in total. The van der Waals surface area contributed by atoms with Gasteiger partial charge in [0, 0.05) is 5.57 Å². The molecular weight excluding hydrogens is 112 g/mol. The van der Waals surface area contributed by atoms with Crippen molar-refractivity contribution in [1.29, 1.82) is 0 Å². The predicted octanol–water partition coefficient (Wildman–Crippen LogP) is 0.737. The maximum Gasteiger partial charge on any atom is 0.124 e. The number of hydrogen-bond donors (Lipinski definition) is 1. The van der Waals surface area contributed by atoms with Gasteiger partial charge in [-0.05, 0) is 12.2 Å². The van der Waals surface area contributed by atoms with Crippen molar-refractivity contribution in [3.8, 4) is 0 Å². The molecule has 0 fully saturated rings. The minimum Gasteiger partial charge on any atom is -0.384 e. The van der Waals surface area contributed by atoms with Crippen LogP contribution in [0, 0.1) is 0 Å². The number of rotatable bonds is 0. The number of aliphatic imine (C=N–C) groups is 1. The smallest absolute Gasteiger partial charge is 0.124 e. The number of amidine groups is 1. The van der Waals surface area contributed by atoms with Crippen LogP contribution >= 0.6 is 0 Å². The molecule has 0 saturated heterocycles. The molecule has 0 saturated carbocycles. The zero-order valence-corrected chi connectivity index (χ0v) is 4.83. The Kier molecular flexibility index (Phi) is 0.681. The molecule has 1 heterocycles. The number of nitrogens with two attached hydrogens (primary N) is 1. The molecule has 0 aromatic heterocycles. The van der Waals surface area contributed by atoms with Crippen molar-refractivity contribution in [2.24, 2.45) is 10.7 Å². The van der Waals surface area contributed by atoms with Gasteiger partial charge in [0.25, 0.3) is 0 Å². The quantitative estimate of drug-likeness (QED) is 0.500. The van der Waals surface area contributed by atoms with Crippen LogP contribution in [0.4, 0.5) is 0 Å². The second kappa shape index (κ2) is 1.35. The molecule has 1 aliphatic carbocycles. The number of fused-ring (bicyclic) bond motifs is 1. The fourth-order valence-corrected chi connectivity index (χ4v) is 0.979. The molecule has 2 aliphatic rings. The van der Waals surface area contributed by atoms with Gasteiger partial charge in [-0.3, -0.25) is 0 Å². The van der Waals surface area contributed by atoms with Gasteiger partial charge in [0.05, 0.1) is 5.70 Å². The van der Waals surface area contributed by atoms with E-state index in [1.807, 2.05) is 24.3 Å². The Balaban J connectivity index is 2.53. The second-order valence-corrected chi connectivity index (χ2v) is 2.05. The molecular formula is C7H6N2. The van der Waals surface area contributed by atoms with Crippen molar-refractivity contribution >= 4 is 5.84 Å². The lowest BCUT2D eigenvalue weighted by Gasteiger charge is -1.83. The third kappa shape index (κ3) is 0.528. The molecule has 9 heavy (non-hydrogen) atoms. The first kappa shape index (κ1) is 4.56. The van der Waals surface area contributed by atoms with Gasteiger partial charge >= 0.3 is 0 Å². The van der Waals surface area contributed by atoms with Crippen LogP contribution < -0.4 is 5.73 Å². The molecule has 2 nitrogen and oxygen atoms in total. The van der Waals surface area contributed by atoms with Crippen LogP contribution in [-0.2, 0) is 0 Å². The van der Waals surface area contributed by atoms with Gasteiger partial charge < -0.3 is 5.73 Å². The Morgan fingerprint density at radius 1 is 1.44 bits per heavy atom. The summed E-state index contributed by atoms with van der Waals surface area (Å²) in [6.07, 6.45) is 7.79. The monoisotopic (exact) mass is 118 g/mol. The van der Waals surface area contributed by atoms with Crippen molar-refractivity contribution in [2.75, 3.05) is 0 Å². The minimum atomic E-state index is 0.612. The summed E-state index contributed by atoms with van der Waals surface area (Å²) in [4.78, 5) is 4.05. The Hall–Kier alpha value is -1.31. The molecule has 1 aliphatic heterocycles. The molecule has 0 amide bonds. The number of allylic oxidation sites excluding steroid dienone is 3. The topological polar surface area (TPSA) is 38.4 Å². The maximum absolute atomic E-state index is 5.42. The highest BCUT2D eigenvalue weighted by Gasteiger charge is 2.10. The van der Waals surface area contributed by atoms with E-state index in [2.05, 4.69) is 4.99 Å². The van der Waals surface area contributed by atoms with Crippen molar-refractivity contribution < 1.29 is 0 Å². The van der Waals surface area contributed by atoms with Crippen molar-refractivity contribution in [3.63, 3.8) is 0 Å².